The number of thiophene rings is 1. The predicted octanol–water partition coefficient (Wildman–Crippen LogP) is 2.01. The lowest BCUT2D eigenvalue weighted by Gasteiger charge is -2.26. The molecule has 1 aromatic heterocycles. The van der Waals surface area contributed by atoms with E-state index in [9.17, 15) is 4.79 Å². The van der Waals surface area contributed by atoms with Crippen molar-refractivity contribution >= 4 is 17.1 Å². The van der Waals surface area contributed by atoms with Crippen molar-refractivity contribution in [3.05, 3.63) is 22.4 Å². The quantitative estimate of drug-likeness (QED) is 0.621. The molecule has 2 rings (SSSR count). The molecule has 0 atom stereocenters. The van der Waals surface area contributed by atoms with Gasteiger partial charge in [0, 0.05) is 32.6 Å². The molecule has 0 amide bonds. The first-order valence-corrected chi connectivity index (χ1v) is 7.24. The Kier molecular flexibility index (Phi) is 5.16. The molecule has 0 saturated carbocycles. The van der Waals surface area contributed by atoms with Gasteiger partial charge in [0.2, 0.25) is 0 Å². The SMILES string of the molecule is O=C(CCCCN1CCNCC1)c1cccs1. The van der Waals surface area contributed by atoms with Crippen LogP contribution in [-0.2, 0) is 0 Å². The zero-order valence-corrected chi connectivity index (χ0v) is 11.0. The second-order valence-electron chi connectivity index (χ2n) is 4.45. The summed E-state index contributed by atoms with van der Waals surface area (Å²) in [5.41, 5.74) is 0. The van der Waals surface area contributed by atoms with E-state index in [-0.39, 0.29) is 0 Å². The number of Topliss-reactive ketones (excluding diaryl/α,β-unsaturated/α-hetero) is 1. The van der Waals surface area contributed by atoms with E-state index in [1.165, 1.54) is 0 Å². The molecule has 94 valence electrons. The highest BCUT2D eigenvalue weighted by molar-refractivity contribution is 7.12. The van der Waals surface area contributed by atoms with Crippen LogP contribution in [0.5, 0.6) is 0 Å². The third-order valence-electron chi connectivity index (χ3n) is 3.13. The molecule has 1 aliphatic rings. The van der Waals surface area contributed by atoms with Gasteiger partial charge in [0.25, 0.3) is 0 Å². The molecule has 3 nitrogen and oxygen atoms in total. The lowest BCUT2D eigenvalue weighted by atomic mass is 10.1. The fourth-order valence-electron chi connectivity index (χ4n) is 2.12. The third-order valence-corrected chi connectivity index (χ3v) is 4.04. The van der Waals surface area contributed by atoms with Gasteiger partial charge in [-0.15, -0.1) is 11.3 Å². The average molecular weight is 252 g/mol. The Bertz CT molecular complexity index is 331. The molecule has 1 fully saturated rings. The molecular weight excluding hydrogens is 232 g/mol. The summed E-state index contributed by atoms with van der Waals surface area (Å²) in [5.74, 6) is 0.306. The van der Waals surface area contributed by atoms with E-state index in [0.717, 1.165) is 50.4 Å². The lowest BCUT2D eigenvalue weighted by Crippen LogP contribution is -2.43. The van der Waals surface area contributed by atoms with Gasteiger partial charge in [-0.25, -0.2) is 0 Å². The van der Waals surface area contributed by atoms with Crippen molar-refractivity contribution in [2.45, 2.75) is 19.3 Å². The number of hydrogen-bond donors (Lipinski definition) is 1. The molecule has 1 saturated heterocycles. The summed E-state index contributed by atoms with van der Waals surface area (Å²) in [5, 5.41) is 5.31. The number of unbranched alkanes of at least 4 members (excludes halogenated alkanes) is 1. The van der Waals surface area contributed by atoms with Crippen molar-refractivity contribution < 1.29 is 4.79 Å². The Morgan fingerprint density at radius 1 is 1.35 bits per heavy atom. The first-order chi connectivity index (χ1) is 8.36. The zero-order chi connectivity index (χ0) is 11.9. The summed E-state index contributed by atoms with van der Waals surface area (Å²) in [7, 11) is 0. The Hall–Kier alpha value is -0.710. The van der Waals surface area contributed by atoms with Gasteiger partial charge < -0.3 is 10.2 Å². The van der Waals surface area contributed by atoms with Gasteiger partial charge in [0.05, 0.1) is 4.88 Å². The molecule has 2 heterocycles. The maximum atomic E-state index is 11.7. The van der Waals surface area contributed by atoms with Crippen LogP contribution in [0.2, 0.25) is 0 Å². The van der Waals surface area contributed by atoms with Crippen LogP contribution in [0.15, 0.2) is 17.5 Å². The fraction of sp³-hybridized carbons (Fsp3) is 0.615. The number of carbonyl (C=O) groups excluding carboxylic acids is 1. The average Bonchev–Trinajstić information content (AvgIpc) is 2.89. The zero-order valence-electron chi connectivity index (χ0n) is 10.2. The number of nitrogens with one attached hydrogen (secondary N) is 1. The molecule has 4 heteroatoms. The Labute approximate surface area is 107 Å². The second kappa shape index (κ2) is 6.89. The highest BCUT2D eigenvalue weighted by Gasteiger charge is 2.10. The van der Waals surface area contributed by atoms with Crippen LogP contribution < -0.4 is 5.32 Å². The molecule has 0 bridgehead atoms. The molecule has 0 aliphatic carbocycles. The molecule has 0 radical (unpaired) electrons. The van der Waals surface area contributed by atoms with Gasteiger partial charge in [0.1, 0.15) is 0 Å². The number of carbonyl (C=O) groups is 1. The summed E-state index contributed by atoms with van der Waals surface area (Å²) in [6, 6.07) is 3.86. The summed E-state index contributed by atoms with van der Waals surface area (Å²) < 4.78 is 0. The smallest absolute Gasteiger partial charge is 0.172 e. The molecule has 1 N–H and O–H groups in total. The Balaban J connectivity index is 1.58. The van der Waals surface area contributed by atoms with E-state index in [4.69, 9.17) is 0 Å². The largest absolute Gasteiger partial charge is 0.314 e. The van der Waals surface area contributed by atoms with Gasteiger partial charge in [-0.05, 0) is 30.8 Å². The molecule has 1 aromatic rings. The van der Waals surface area contributed by atoms with Crippen molar-refractivity contribution in [3.8, 4) is 0 Å². The monoisotopic (exact) mass is 252 g/mol. The lowest BCUT2D eigenvalue weighted by molar-refractivity contribution is 0.0981. The molecule has 0 aromatic carbocycles. The summed E-state index contributed by atoms with van der Waals surface area (Å²) >= 11 is 1.55. The molecule has 1 aliphatic heterocycles. The minimum atomic E-state index is 0.306. The number of piperazine rings is 1. The highest BCUT2D eigenvalue weighted by Crippen LogP contribution is 2.13. The first-order valence-electron chi connectivity index (χ1n) is 6.36. The minimum Gasteiger partial charge on any atom is -0.314 e. The van der Waals surface area contributed by atoms with Crippen LogP contribution in [0.1, 0.15) is 28.9 Å². The number of ketones is 1. The summed E-state index contributed by atoms with van der Waals surface area (Å²) in [4.78, 5) is 15.1. The Morgan fingerprint density at radius 3 is 2.88 bits per heavy atom. The minimum absolute atomic E-state index is 0.306. The van der Waals surface area contributed by atoms with Crippen molar-refractivity contribution in [1.29, 1.82) is 0 Å². The number of hydrogen-bond acceptors (Lipinski definition) is 4. The van der Waals surface area contributed by atoms with Gasteiger partial charge >= 0.3 is 0 Å². The van der Waals surface area contributed by atoms with E-state index in [2.05, 4.69) is 10.2 Å². The Morgan fingerprint density at radius 2 is 2.18 bits per heavy atom. The van der Waals surface area contributed by atoms with E-state index >= 15 is 0 Å². The van der Waals surface area contributed by atoms with Crippen LogP contribution in [0.4, 0.5) is 0 Å². The van der Waals surface area contributed by atoms with E-state index in [0.29, 0.717) is 12.2 Å². The predicted molar refractivity (Wildman–Crippen MR) is 71.8 cm³/mol. The molecular formula is C13H20N2OS. The van der Waals surface area contributed by atoms with Crippen molar-refractivity contribution in [2.75, 3.05) is 32.7 Å². The van der Waals surface area contributed by atoms with Gasteiger partial charge in [-0.2, -0.15) is 0 Å². The van der Waals surface area contributed by atoms with Gasteiger partial charge in [-0.1, -0.05) is 6.07 Å². The third kappa shape index (κ3) is 4.22. The molecule has 17 heavy (non-hydrogen) atoms. The van der Waals surface area contributed by atoms with Gasteiger partial charge in [0.15, 0.2) is 5.78 Å². The van der Waals surface area contributed by atoms with Crippen molar-refractivity contribution in [2.24, 2.45) is 0 Å². The number of nitrogens with zero attached hydrogens (tertiary/aromatic N) is 1. The standard InChI is InChI=1S/C13H20N2OS/c16-12(13-5-3-11-17-13)4-1-2-8-15-9-6-14-7-10-15/h3,5,11,14H,1-2,4,6-10H2. The summed E-state index contributed by atoms with van der Waals surface area (Å²) in [6.07, 6.45) is 2.85. The van der Waals surface area contributed by atoms with Crippen LogP contribution >= 0.6 is 11.3 Å². The maximum Gasteiger partial charge on any atom is 0.172 e. The first kappa shape index (κ1) is 12.7. The van der Waals surface area contributed by atoms with E-state index in [1.54, 1.807) is 11.3 Å². The fourth-order valence-corrected chi connectivity index (χ4v) is 2.81. The summed E-state index contributed by atoms with van der Waals surface area (Å²) in [6.45, 7) is 5.65. The maximum absolute atomic E-state index is 11.7. The van der Waals surface area contributed by atoms with Gasteiger partial charge in [-0.3, -0.25) is 4.79 Å². The van der Waals surface area contributed by atoms with Crippen LogP contribution in [0.25, 0.3) is 0 Å². The highest BCUT2D eigenvalue weighted by atomic mass is 32.1. The van der Waals surface area contributed by atoms with E-state index in [1.807, 2.05) is 17.5 Å². The van der Waals surface area contributed by atoms with E-state index < -0.39 is 0 Å². The number of rotatable bonds is 6. The normalized spacial score (nSPS) is 17.2. The topological polar surface area (TPSA) is 32.3 Å². The van der Waals surface area contributed by atoms with Crippen LogP contribution in [-0.4, -0.2) is 43.4 Å². The molecule has 0 spiro atoms. The van der Waals surface area contributed by atoms with Crippen molar-refractivity contribution in [3.63, 3.8) is 0 Å². The second-order valence-corrected chi connectivity index (χ2v) is 5.40. The van der Waals surface area contributed by atoms with Crippen molar-refractivity contribution in [1.82, 2.24) is 10.2 Å². The van der Waals surface area contributed by atoms with Crippen LogP contribution in [0, 0.1) is 0 Å². The van der Waals surface area contributed by atoms with Crippen LogP contribution in [0.3, 0.4) is 0 Å². The molecule has 0 unspecified atom stereocenters.